The topological polar surface area (TPSA) is 107 Å². The quantitative estimate of drug-likeness (QED) is 0.198. The summed E-state index contributed by atoms with van der Waals surface area (Å²) in [4.78, 5) is 37.4. The van der Waals surface area contributed by atoms with Crippen LogP contribution in [0.5, 0.6) is 0 Å². The predicted molar refractivity (Wildman–Crippen MR) is 101 cm³/mol. The van der Waals surface area contributed by atoms with E-state index in [1.54, 1.807) is 0 Å². The van der Waals surface area contributed by atoms with Crippen LogP contribution in [0.25, 0.3) is 0 Å². The van der Waals surface area contributed by atoms with Gasteiger partial charge in [-0.2, -0.15) is 0 Å². The molecule has 0 saturated heterocycles. The summed E-state index contributed by atoms with van der Waals surface area (Å²) in [6, 6.07) is 4.13. The van der Waals surface area contributed by atoms with Gasteiger partial charge in [-0.3, -0.25) is 0 Å². The van der Waals surface area contributed by atoms with Crippen molar-refractivity contribution in [3.63, 3.8) is 0 Å². The van der Waals surface area contributed by atoms with Crippen LogP contribution < -0.4 is 0 Å². The molecule has 0 saturated carbocycles. The monoisotopic (exact) mass is 408 g/mol. The number of carbonyl (C=O) groups is 3. The molecule has 0 bridgehead atoms. The zero-order chi connectivity index (χ0) is 21.5. The molecule has 0 aromatic heterocycles. The summed E-state index contributed by atoms with van der Waals surface area (Å²) in [7, 11) is 1.45. The van der Waals surface area contributed by atoms with Gasteiger partial charge in [0.15, 0.2) is 0 Å². The third-order valence-electron chi connectivity index (χ3n) is 3.33. The molecule has 0 aliphatic heterocycles. The second-order valence-corrected chi connectivity index (χ2v) is 5.20. The minimum Gasteiger partial charge on any atom is -0.498 e. The molecule has 0 atom stereocenters. The summed E-state index contributed by atoms with van der Waals surface area (Å²) < 4.78 is 29.8. The van der Waals surface area contributed by atoms with Gasteiger partial charge in [0, 0.05) is 7.11 Å². The van der Waals surface area contributed by atoms with Gasteiger partial charge in [0.05, 0.1) is 35.8 Å². The molecule has 0 N–H and O–H groups in total. The molecule has 0 heterocycles. The van der Waals surface area contributed by atoms with Gasteiger partial charge >= 0.3 is 17.9 Å². The zero-order valence-electron chi connectivity index (χ0n) is 16.2. The van der Waals surface area contributed by atoms with Crippen LogP contribution in [0.15, 0.2) is 43.9 Å². The first-order chi connectivity index (χ1) is 14.1. The zero-order valence-corrected chi connectivity index (χ0v) is 16.2. The summed E-state index contributed by atoms with van der Waals surface area (Å²) in [5.74, 6) is -2.52. The van der Waals surface area contributed by atoms with Crippen molar-refractivity contribution in [2.24, 2.45) is 0 Å². The first kappa shape index (κ1) is 23.7. The van der Waals surface area contributed by atoms with Crippen molar-refractivity contribution in [2.45, 2.75) is 0 Å². The lowest BCUT2D eigenvalue weighted by molar-refractivity contribution is 0.0346. The number of benzene rings is 1. The minimum atomic E-state index is -0.897. The van der Waals surface area contributed by atoms with Crippen molar-refractivity contribution in [1.29, 1.82) is 0 Å². The molecule has 1 rings (SSSR count). The highest BCUT2D eigenvalue weighted by Gasteiger charge is 2.27. The highest BCUT2D eigenvalue weighted by molar-refractivity contribution is 6.10. The minimum absolute atomic E-state index is 0.0233. The molecule has 9 heteroatoms. The van der Waals surface area contributed by atoms with Crippen molar-refractivity contribution >= 4 is 17.9 Å². The molecule has 0 aliphatic rings. The van der Waals surface area contributed by atoms with Crippen molar-refractivity contribution < 1.29 is 42.8 Å². The van der Waals surface area contributed by atoms with E-state index in [9.17, 15) is 14.4 Å². The predicted octanol–water partition coefficient (Wildman–Crippen LogP) is 2.12. The number of esters is 3. The molecule has 0 radical (unpaired) electrons. The molecule has 9 nitrogen and oxygen atoms in total. The van der Waals surface area contributed by atoms with Gasteiger partial charge in [-0.25, -0.2) is 14.4 Å². The summed E-state index contributed by atoms with van der Waals surface area (Å²) in [6.07, 6.45) is 2.40. The van der Waals surface area contributed by atoms with Crippen LogP contribution >= 0.6 is 0 Å². The molecule has 1 aromatic rings. The largest absolute Gasteiger partial charge is 0.498 e. The molecular formula is C20H24O9. The molecule has 0 spiro atoms. The van der Waals surface area contributed by atoms with Gasteiger partial charge in [-0.05, 0) is 12.1 Å². The van der Waals surface area contributed by atoms with E-state index in [0.717, 1.165) is 0 Å². The number of hydrogen-bond donors (Lipinski definition) is 0. The lowest BCUT2D eigenvalue weighted by Gasteiger charge is -2.13. The molecule has 158 valence electrons. The maximum absolute atomic E-state index is 12.6. The van der Waals surface area contributed by atoms with Crippen molar-refractivity contribution in [3.8, 4) is 0 Å². The third-order valence-corrected chi connectivity index (χ3v) is 3.33. The van der Waals surface area contributed by atoms with Crippen LogP contribution in [0.4, 0.5) is 0 Å². The fraction of sp³-hybridized carbons (Fsp3) is 0.350. The average Bonchev–Trinajstić information content (AvgIpc) is 2.73. The van der Waals surface area contributed by atoms with Gasteiger partial charge in [0.2, 0.25) is 0 Å². The number of methoxy groups -OCH3 is 1. The Morgan fingerprint density at radius 3 is 1.66 bits per heavy atom. The summed E-state index contributed by atoms with van der Waals surface area (Å²) in [6.45, 7) is 6.87. The SMILES string of the molecule is C=COCCOC(=O)c1cccc(C(=O)OCCOC)c1C(=O)OCCOC=C. The number of ether oxygens (including phenoxy) is 6. The van der Waals surface area contributed by atoms with E-state index in [2.05, 4.69) is 13.2 Å². The molecule has 0 unspecified atom stereocenters. The maximum atomic E-state index is 12.6. The van der Waals surface area contributed by atoms with E-state index in [1.165, 1.54) is 37.8 Å². The second-order valence-electron chi connectivity index (χ2n) is 5.20. The molecule has 29 heavy (non-hydrogen) atoms. The van der Waals surface area contributed by atoms with Crippen LogP contribution in [0.1, 0.15) is 31.1 Å². The molecule has 0 fully saturated rings. The van der Waals surface area contributed by atoms with Gasteiger partial charge in [0.25, 0.3) is 0 Å². The average molecular weight is 408 g/mol. The number of hydrogen-bond acceptors (Lipinski definition) is 9. The Hall–Kier alpha value is -3.33. The summed E-state index contributed by atoms with van der Waals surface area (Å²) in [5, 5.41) is 0. The van der Waals surface area contributed by atoms with E-state index < -0.39 is 17.9 Å². The Morgan fingerprint density at radius 2 is 1.21 bits per heavy atom. The van der Waals surface area contributed by atoms with Crippen molar-refractivity contribution in [1.82, 2.24) is 0 Å². The Balaban J connectivity index is 3.08. The molecule has 1 aromatic carbocycles. The first-order valence-corrected chi connectivity index (χ1v) is 8.65. The van der Waals surface area contributed by atoms with Crippen LogP contribution in [0.2, 0.25) is 0 Å². The highest BCUT2D eigenvalue weighted by atomic mass is 16.6. The summed E-state index contributed by atoms with van der Waals surface area (Å²) >= 11 is 0. The van der Waals surface area contributed by atoms with E-state index in [-0.39, 0.29) is 56.3 Å². The Kier molecular flexibility index (Phi) is 11.3. The normalized spacial score (nSPS) is 9.83. The fourth-order valence-corrected chi connectivity index (χ4v) is 2.09. The van der Waals surface area contributed by atoms with E-state index in [0.29, 0.717) is 0 Å². The van der Waals surface area contributed by atoms with Crippen LogP contribution in [0, 0.1) is 0 Å². The van der Waals surface area contributed by atoms with Gasteiger partial charge in [0.1, 0.15) is 33.0 Å². The number of rotatable bonds is 14. The highest BCUT2D eigenvalue weighted by Crippen LogP contribution is 2.19. The Labute approximate surface area is 168 Å². The lowest BCUT2D eigenvalue weighted by atomic mass is 10.0. The first-order valence-electron chi connectivity index (χ1n) is 8.65. The van der Waals surface area contributed by atoms with Gasteiger partial charge < -0.3 is 28.4 Å². The Morgan fingerprint density at radius 1 is 0.759 bits per heavy atom. The van der Waals surface area contributed by atoms with E-state index in [4.69, 9.17) is 28.4 Å². The van der Waals surface area contributed by atoms with Crippen LogP contribution in [-0.2, 0) is 28.4 Å². The smallest absolute Gasteiger partial charge is 0.340 e. The summed E-state index contributed by atoms with van der Waals surface area (Å²) in [5.41, 5.74) is -0.532. The maximum Gasteiger partial charge on any atom is 0.340 e. The van der Waals surface area contributed by atoms with Crippen molar-refractivity contribution in [3.05, 3.63) is 60.6 Å². The number of carbonyl (C=O) groups excluding carboxylic acids is 3. The third kappa shape index (κ3) is 8.06. The van der Waals surface area contributed by atoms with Gasteiger partial charge in [-0.15, -0.1) is 0 Å². The van der Waals surface area contributed by atoms with Crippen LogP contribution in [0.3, 0.4) is 0 Å². The van der Waals surface area contributed by atoms with E-state index in [1.807, 2.05) is 0 Å². The lowest BCUT2D eigenvalue weighted by Crippen LogP contribution is -2.22. The standard InChI is InChI=1S/C20H24O9/c1-4-25-10-13-28-19(22)16-8-6-7-15(18(21)27-12-9-24-3)17(16)20(23)29-14-11-26-5-2/h4-8H,1-2,9-14H2,3H3. The molecule has 0 amide bonds. The fourth-order valence-electron chi connectivity index (χ4n) is 2.09. The van der Waals surface area contributed by atoms with Gasteiger partial charge in [-0.1, -0.05) is 19.2 Å². The molecular weight excluding hydrogens is 384 g/mol. The van der Waals surface area contributed by atoms with Crippen molar-refractivity contribution in [2.75, 3.05) is 46.8 Å². The molecule has 0 aliphatic carbocycles. The Bertz CT molecular complexity index is 712. The van der Waals surface area contributed by atoms with E-state index >= 15 is 0 Å². The second kappa shape index (κ2) is 13.8. The van der Waals surface area contributed by atoms with Crippen LogP contribution in [-0.4, -0.2) is 64.7 Å².